The van der Waals surface area contributed by atoms with E-state index in [-0.39, 0.29) is 17.8 Å². The van der Waals surface area contributed by atoms with Crippen molar-refractivity contribution in [3.63, 3.8) is 0 Å². The van der Waals surface area contributed by atoms with Gasteiger partial charge >= 0.3 is 0 Å². The van der Waals surface area contributed by atoms with Crippen molar-refractivity contribution >= 4 is 9.84 Å². The van der Waals surface area contributed by atoms with Crippen molar-refractivity contribution in [1.29, 1.82) is 0 Å². The van der Waals surface area contributed by atoms with Gasteiger partial charge in [-0.2, -0.15) is 4.98 Å². The highest BCUT2D eigenvalue weighted by molar-refractivity contribution is 7.90. The molecule has 0 bridgehead atoms. The summed E-state index contributed by atoms with van der Waals surface area (Å²) in [5, 5.41) is 3.00. The van der Waals surface area contributed by atoms with Crippen LogP contribution in [0.2, 0.25) is 0 Å². The Hall–Kier alpha value is -0.950. The van der Waals surface area contributed by atoms with Crippen LogP contribution >= 0.6 is 0 Å². The van der Waals surface area contributed by atoms with Gasteiger partial charge in [-0.05, 0) is 19.8 Å². The fourth-order valence-corrected chi connectivity index (χ4v) is 2.53. The molecule has 0 aromatic carbocycles. The van der Waals surface area contributed by atoms with Gasteiger partial charge in [0.05, 0.1) is 5.92 Å². The third-order valence-corrected chi connectivity index (χ3v) is 4.85. The number of sulfone groups is 1. The molecule has 3 atom stereocenters. The summed E-state index contributed by atoms with van der Waals surface area (Å²) >= 11 is 0. The first kappa shape index (κ1) is 12.5. The lowest BCUT2D eigenvalue weighted by molar-refractivity contribution is 0.341. The minimum Gasteiger partial charge on any atom is -0.339 e. The summed E-state index contributed by atoms with van der Waals surface area (Å²) in [6.07, 6.45) is 4.08. The third kappa shape index (κ3) is 2.50. The van der Waals surface area contributed by atoms with E-state index in [1.165, 1.54) is 0 Å². The molecule has 0 spiro atoms. The van der Waals surface area contributed by atoms with E-state index in [4.69, 9.17) is 10.3 Å². The average molecular weight is 259 g/mol. The molecule has 7 heteroatoms. The Morgan fingerprint density at radius 1 is 1.47 bits per heavy atom. The molecule has 96 valence electrons. The topological polar surface area (TPSA) is 99.1 Å². The van der Waals surface area contributed by atoms with Gasteiger partial charge in [0, 0.05) is 12.3 Å². The third-order valence-electron chi connectivity index (χ3n) is 3.35. The van der Waals surface area contributed by atoms with Crippen molar-refractivity contribution in [3.05, 3.63) is 11.7 Å². The number of nitrogens with two attached hydrogens (primary N) is 1. The Bertz CT molecular complexity index is 497. The predicted octanol–water partition coefficient (Wildman–Crippen LogP) is 0.770. The zero-order valence-electron chi connectivity index (χ0n) is 9.96. The summed E-state index contributed by atoms with van der Waals surface area (Å²) in [5.74, 6) is 0.769. The van der Waals surface area contributed by atoms with Crippen LogP contribution in [0.3, 0.4) is 0 Å². The van der Waals surface area contributed by atoms with E-state index in [0.29, 0.717) is 5.89 Å². The Morgan fingerprint density at radius 2 is 2.18 bits per heavy atom. The quantitative estimate of drug-likeness (QED) is 0.860. The second-order valence-electron chi connectivity index (χ2n) is 4.66. The highest BCUT2D eigenvalue weighted by atomic mass is 32.2. The maximum atomic E-state index is 11.4. The average Bonchev–Trinajstić information content (AvgIpc) is 2.83. The largest absolute Gasteiger partial charge is 0.339 e. The summed E-state index contributed by atoms with van der Waals surface area (Å²) in [4.78, 5) is 4.17. The zero-order valence-corrected chi connectivity index (χ0v) is 10.8. The molecule has 1 aliphatic carbocycles. The molecule has 17 heavy (non-hydrogen) atoms. The Kier molecular flexibility index (Phi) is 3.22. The summed E-state index contributed by atoms with van der Waals surface area (Å²) in [6, 6.07) is 0.0387. The molecule has 6 nitrogen and oxygen atoms in total. The van der Waals surface area contributed by atoms with Crippen LogP contribution in [0, 0.1) is 0 Å². The molecule has 0 amide bonds. The van der Waals surface area contributed by atoms with E-state index in [2.05, 4.69) is 10.1 Å². The van der Waals surface area contributed by atoms with E-state index in [1.807, 2.05) is 0 Å². The van der Waals surface area contributed by atoms with Crippen LogP contribution in [0.25, 0.3) is 0 Å². The summed E-state index contributed by atoms with van der Waals surface area (Å²) in [6.45, 7) is 1.55. The first-order valence-electron chi connectivity index (χ1n) is 5.67. The van der Waals surface area contributed by atoms with Crippen LogP contribution in [0.15, 0.2) is 4.52 Å². The molecule has 0 radical (unpaired) electrons. The van der Waals surface area contributed by atoms with Gasteiger partial charge in [0.15, 0.2) is 15.7 Å². The fourth-order valence-electron chi connectivity index (χ4n) is 2.05. The highest BCUT2D eigenvalue weighted by Gasteiger charge is 2.32. The van der Waals surface area contributed by atoms with Gasteiger partial charge in [-0.1, -0.05) is 11.6 Å². The van der Waals surface area contributed by atoms with Crippen LogP contribution in [0.5, 0.6) is 0 Å². The zero-order chi connectivity index (χ0) is 12.6. The number of hydrogen-bond donors (Lipinski definition) is 1. The van der Waals surface area contributed by atoms with Crippen molar-refractivity contribution in [2.75, 3.05) is 6.26 Å². The van der Waals surface area contributed by atoms with Gasteiger partial charge in [-0.3, -0.25) is 0 Å². The molecule has 1 heterocycles. The minimum absolute atomic E-state index is 0.0387. The van der Waals surface area contributed by atoms with Crippen molar-refractivity contribution in [1.82, 2.24) is 10.1 Å². The Morgan fingerprint density at radius 3 is 2.71 bits per heavy atom. The van der Waals surface area contributed by atoms with E-state index in [9.17, 15) is 8.42 Å². The molecule has 1 aromatic heterocycles. The Balaban J connectivity index is 2.21. The molecule has 3 unspecified atom stereocenters. The minimum atomic E-state index is -3.20. The van der Waals surface area contributed by atoms with E-state index >= 15 is 0 Å². The first-order chi connectivity index (χ1) is 7.89. The maximum Gasteiger partial charge on any atom is 0.231 e. The van der Waals surface area contributed by atoms with Gasteiger partial charge in [-0.15, -0.1) is 0 Å². The van der Waals surface area contributed by atoms with Crippen molar-refractivity contribution in [3.8, 4) is 0 Å². The van der Waals surface area contributed by atoms with Gasteiger partial charge in [-0.25, -0.2) is 8.42 Å². The fraction of sp³-hybridized carbons (Fsp3) is 0.800. The standard InChI is InChI=1S/C10H17N3O3S/c1-6(17(2,14)15)9-12-10(16-13-9)7-4-3-5-8(7)11/h6-8H,3-5,11H2,1-2H3. The van der Waals surface area contributed by atoms with Crippen LogP contribution in [-0.2, 0) is 9.84 Å². The lowest BCUT2D eigenvalue weighted by Gasteiger charge is -2.09. The van der Waals surface area contributed by atoms with Crippen molar-refractivity contribution in [2.24, 2.45) is 5.73 Å². The smallest absolute Gasteiger partial charge is 0.231 e. The second-order valence-corrected chi connectivity index (χ2v) is 7.03. The van der Waals surface area contributed by atoms with E-state index in [1.54, 1.807) is 6.92 Å². The molecular weight excluding hydrogens is 242 g/mol. The molecule has 1 saturated carbocycles. The Labute approximate surface area is 100 Å². The molecule has 0 saturated heterocycles. The van der Waals surface area contributed by atoms with Crippen LogP contribution in [0.4, 0.5) is 0 Å². The van der Waals surface area contributed by atoms with Crippen LogP contribution < -0.4 is 5.73 Å². The van der Waals surface area contributed by atoms with Crippen molar-refractivity contribution in [2.45, 2.75) is 43.4 Å². The number of aromatic nitrogens is 2. The monoisotopic (exact) mass is 259 g/mol. The van der Waals surface area contributed by atoms with E-state index in [0.717, 1.165) is 25.5 Å². The van der Waals surface area contributed by atoms with Gasteiger partial charge in [0.25, 0.3) is 0 Å². The molecule has 2 rings (SSSR count). The number of rotatable bonds is 3. The maximum absolute atomic E-state index is 11.4. The van der Waals surface area contributed by atoms with Crippen molar-refractivity contribution < 1.29 is 12.9 Å². The normalized spacial score (nSPS) is 27.2. The summed E-state index contributed by atoms with van der Waals surface area (Å²) in [7, 11) is -3.20. The predicted molar refractivity (Wildman–Crippen MR) is 62.1 cm³/mol. The molecule has 2 N–H and O–H groups in total. The summed E-state index contributed by atoms with van der Waals surface area (Å²) < 4.78 is 27.9. The first-order valence-corrected chi connectivity index (χ1v) is 7.63. The number of nitrogens with zero attached hydrogens (tertiary/aromatic N) is 2. The SMILES string of the molecule is CC(c1noc(C2CCCC2N)n1)S(C)(=O)=O. The van der Waals surface area contributed by atoms with Gasteiger partial charge < -0.3 is 10.3 Å². The lowest BCUT2D eigenvalue weighted by Crippen LogP contribution is -2.23. The van der Waals surface area contributed by atoms with Crippen LogP contribution in [0.1, 0.15) is 49.1 Å². The second kappa shape index (κ2) is 4.38. The lowest BCUT2D eigenvalue weighted by atomic mass is 10.1. The molecule has 1 aromatic rings. The van der Waals surface area contributed by atoms with Gasteiger partial charge in [0.2, 0.25) is 5.89 Å². The molecule has 1 fully saturated rings. The molecular formula is C10H17N3O3S. The van der Waals surface area contributed by atoms with E-state index < -0.39 is 15.1 Å². The van der Waals surface area contributed by atoms with Gasteiger partial charge in [0.1, 0.15) is 5.25 Å². The number of hydrogen-bond acceptors (Lipinski definition) is 6. The van der Waals surface area contributed by atoms with Crippen LogP contribution in [-0.4, -0.2) is 30.9 Å². The molecule has 1 aliphatic rings. The summed E-state index contributed by atoms with van der Waals surface area (Å²) in [5.41, 5.74) is 5.94. The molecule has 0 aliphatic heterocycles. The highest BCUT2D eigenvalue weighted by Crippen LogP contribution is 2.33.